The lowest BCUT2D eigenvalue weighted by molar-refractivity contribution is 0.152. The molecule has 0 aromatic carbocycles. The molecule has 0 rings (SSSR count). The van der Waals surface area contributed by atoms with Crippen LogP contribution in [-0.4, -0.2) is 26.3 Å². The van der Waals surface area contributed by atoms with Crippen LogP contribution in [0.15, 0.2) is 0 Å². The first kappa shape index (κ1) is 12.9. The second-order valence-corrected chi connectivity index (χ2v) is 5.06. The molecule has 0 spiro atoms. The van der Waals surface area contributed by atoms with Crippen LogP contribution in [0.5, 0.6) is 0 Å². The molecule has 0 fully saturated rings. The van der Waals surface area contributed by atoms with E-state index in [1.54, 1.807) is 7.11 Å². The summed E-state index contributed by atoms with van der Waals surface area (Å²) < 4.78 is 5.08. The molecule has 0 saturated carbocycles. The van der Waals surface area contributed by atoms with Crippen molar-refractivity contribution in [2.75, 3.05) is 20.3 Å². The minimum absolute atomic E-state index is 0.340. The van der Waals surface area contributed by atoms with Gasteiger partial charge >= 0.3 is 0 Å². The molecular formula is C11H25NO. The Bertz CT molecular complexity index is 129. The van der Waals surface area contributed by atoms with Gasteiger partial charge in [0.25, 0.3) is 0 Å². The van der Waals surface area contributed by atoms with E-state index in [4.69, 9.17) is 4.74 Å². The van der Waals surface area contributed by atoms with Crippen LogP contribution in [0.4, 0.5) is 0 Å². The number of nitrogens with one attached hydrogen (secondary N) is 1. The molecule has 2 nitrogen and oxygen atoms in total. The van der Waals surface area contributed by atoms with Gasteiger partial charge in [0.15, 0.2) is 0 Å². The normalized spacial score (nSPS) is 17.1. The minimum Gasteiger partial charge on any atom is -0.384 e. The highest BCUT2D eigenvalue weighted by molar-refractivity contribution is 4.76. The maximum Gasteiger partial charge on any atom is 0.0499 e. The lowest BCUT2D eigenvalue weighted by Gasteiger charge is -2.29. The van der Waals surface area contributed by atoms with Crippen molar-refractivity contribution in [2.45, 2.75) is 40.7 Å². The molecule has 2 atom stereocenters. The second-order valence-electron chi connectivity index (χ2n) is 5.06. The summed E-state index contributed by atoms with van der Waals surface area (Å²) in [5, 5.41) is 3.53. The van der Waals surface area contributed by atoms with Crippen molar-refractivity contribution >= 4 is 0 Å². The van der Waals surface area contributed by atoms with E-state index in [2.05, 4.69) is 39.9 Å². The average molecular weight is 187 g/mol. The molecule has 0 aliphatic carbocycles. The SMILES string of the molecule is COCC(C)CNC(C)C(C)(C)C. The van der Waals surface area contributed by atoms with E-state index in [-0.39, 0.29) is 0 Å². The summed E-state index contributed by atoms with van der Waals surface area (Å²) in [5.41, 5.74) is 0.340. The highest BCUT2D eigenvalue weighted by Gasteiger charge is 2.19. The standard InChI is InChI=1S/C11H25NO/c1-9(8-13-6)7-12-10(2)11(3,4)5/h9-10,12H,7-8H2,1-6H3. The molecule has 0 amide bonds. The fourth-order valence-corrected chi connectivity index (χ4v) is 1.03. The minimum atomic E-state index is 0.340. The monoisotopic (exact) mass is 187 g/mol. The maximum atomic E-state index is 5.08. The van der Waals surface area contributed by atoms with Gasteiger partial charge in [0, 0.05) is 26.3 Å². The predicted octanol–water partition coefficient (Wildman–Crippen LogP) is 2.29. The number of hydrogen-bond donors (Lipinski definition) is 1. The Hall–Kier alpha value is -0.0800. The average Bonchev–Trinajstić information content (AvgIpc) is 1.99. The van der Waals surface area contributed by atoms with Gasteiger partial charge in [0.1, 0.15) is 0 Å². The first-order valence-electron chi connectivity index (χ1n) is 5.10. The Morgan fingerprint density at radius 1 is 1.23 bits per heavy atom. The van der Waals surface area contributed by atoms with Crippen LogP contribution in [0, 0.1) is 11.3 Å². The number of ether oxygens (including phenoxy) is 1. The molecule has 0 aromatic rings. The number of rotatable bonds is 5. The van der Waals surface area contributed by atoms with Crippen LogP contribution in [0.3, 0.4) is 0 Å². The van der Waals surface area contributed by atoms with Gasteiger partial charge in [0.05, 0.1) is 0 Å². The zero-order valence-electron chi connectivity index (χ0n) is 9.98. The lowest BCUT2D eigenvalue weighted by Crippen LogP contribution is -2.40. The van der Waals surface area contributed by atoms with Crippen molar-refractivity contribution in [3.05, 3.63) is 0 Å². The van der Waals surface area contributed by atoms with Crippen molar-refractivity contribution < 1.29 is 4.74 Å². The summed E-state index contributed by atoms with van der Waals surface area (Å²) in [6.07, 6.45) is 0. The molecule has 0 saturated heterocycles. The van der Waals surface area contributed by atoms with E-state index < -0.39 is 0 Å². The molecule has 1 N–H and O–H groups in total. The van der Waals surface area contributed by atoms with Crippen LogP contribution in [0.2, 0.25) is 0 Å². The zero-order valence-corrected chi connectivity index (χ0v) is 9.98. The molecule has 0 aliphatic rings. The van der Waals surface area contributed by atoms with Gasteiger partial charge in [-0.05, 0) is 18.3 Å². The summed E-state index contributed by atoms with van der Waals surface area (Å²) in [5.74, 6) is 0.592. The van der Waals surface area contributed by atoms with Crippen LogP contribution < -0.4 is 5.32 Å². The van der Waals surface area contributed by atoms with Crippen LogP contribution in [0.25, 0.3) is 0 Å². The first-order valence-corrected chi connectivity index (χ1v) is 5.10. The van der Waals surface area contributed by atoms with E-state index in [0.29, 0.717) is 17.4 Å². The Labute approximate surface area is 83.1 Å². The van der Waals surface area contributed by atoms with Gasteiger partial charge in [-0.25, -0.2) is 0 Å². The van der Waals surface area contributed by atoms with E-state index in [1.807, 2.05) is 0 Å². The molecular weight excluding hydrogens is 162 g/mol. The van der Waals surface area contributed by atoms with Crippen molar-refractivity contribution in [1.82, 2.24) is 5.32 Å². The lowest BCUT2D eigenvalue weighted by atomic mass is 9.88. The molecule has 0 bridgehead atoms. The quantitative estimate of drug-likeness (QED) is 0.713. The van der Waals surface area contributed by atoms with E-state index in [1.165, 1.54) is 0 Å². The maximum absolute atomic E-state index is 5.08. The Balaban J connectivity index is 3.63. The second kappa shape index (κ2) is 5.61. The van der Waals surface area contributed by atoms with E-state index in [9.17, 15) is 0 Å². The van der Waals surface area contributed by atoms with Gasteiger partial charge in [-0.2, -0.15) is 0 Å². The number of hydrogen-bond acceptors (Lipinski definition) is 2. The summed E-state index contributed by atoms with van der Waals surface area (Å²) >= 11 is 0. The molecule has 2 heteroatoms. The highest BCUT2D eigenvalue weighted by Crippen LogP contribution is 2.18. The van der Waals surface area contributed by atoms with Crippen LogP contribution in [0.1, 0.15) is 34.6 Å². The molecule has 0 radical (unpaired) electrons. The largest absolute Gasteiger partial charge is 0.384 e. The Kier molecular flexibility index (Phi) is 5.57. The van der Waals surface area contributed by atoms with Gasteiger partial charge in [-0.1, -0.05) is 27.7 Å². The summed E-state index contributed by atoms with van der Waals surface area (Å²) in [4.78, 5) is 0. The Morgan fingerprint density at radius 3 is 2.15 bits per heavy atom. The third-order valence-electron chi connectivity index (χ3n) is 2.52. The fourth-order valence-electron chi connectivity index (χ4n) is 1.03. The summed E-state index contributed by atoms with van der Waals surface area (Å²) in [6.45, 7) is 13.1. The van der Waals surface area contributed by atoms with Crippen molar-refractivity contribution in [3.8, 4) is 0 Å². The molecule has 0 aliphatic heterocycles. The van der Waals surface area contributed by atoms with E-state index in [0.717, 1.165) is 13.2 Å². The highest BCUT2D eigenvalue weighted by atomic mass is 16.5. The number of methoxy groups -OCH3 is 1. The molecule has 0 heterocycles. The molecule has 2 unspecified atom stereocenters. The van der Waals surface area contributed by atoms with Gasteiger partial charge in [-0.15, -0.1) is 0 Å². The predicted molar refractivity (Wildman–Crippen MR) is 58.0 cm³/mol. The smallest absolute Gasteiger partial charge is 0.0499 e. The van der Waals surface area contributed by atoms with Crippen molar-refractivity contribution in [2.24, 2.45) is 11.3 Å². The Morgan fingerprint density at radius 2 is 1.77 bits per heavy atom. The topological polar surface area (TPSA) is 21.3 Å². The van der Waals surface area contributed by atoms with Crippen molar-refractivity contribution in [1.29, 1.82) is 0 Å². The molecule has 0 aromatic heterocycles. The summed E-state index contributed by atoms with van der Waals surface area (Å²) in [6, 6.07) is 0.548. The van der Waals surface area contributed by atoms with E-state index >= 15 is 0 Å². The van der Waals surface area contributed by atoms with Crippen molar-refractivity contribution in [3.63, 3.8) is 0 Å². The molecule has 80 valence electrons. The zero-order chi connectivity index (χ0) is 10.5. The third-order valence-corrected chi connectivity index (χ3v) is 2.52. The summed E-state index contributed by atoms with van der Waals surface area (Å²) in [7, 11) is 1.75. The van der Waals surface area contributed by atoms with Gasteiger partial charge in [0.2, 0.25) is 0 Å². The third kappa shape index (κ3) is 6.05. The first-order chi connectivity index (χ1) is 5.88. The molecule has 13 heavy (non-hydrogen) atoms. The van der Waals surface area contributed by atoms with Gasteiger partial charge in [-0.3, -0.25) is 0 Å². The van der Waals surface area contributed by atoms with Crippen LogP contribution >= 0.6 is 0 Å². The van der Waals surface area contributed by atoms with Crippen LogP contribution in [-0.2, 0) is 4.74 Å². The van der Waals surface area contributed by atoms with Gasteiger partial charge < -0.3 is 10.1 Å². The fraction of sp³-hybridized carbons (Fsp3) is 1.00.